The van der Waals surface area contributed by atoms with Crippen LogP contribution in [0.25, 0.3) is 0 Å². The summed E-state index contributed by atoms with van der Waals surface area (Å²) in [5.41, 5.74) is -0.475. The fraction of sp³-hybridized carbons (Fsp3) is 0.947. The number of nitrogens with one attached hydrogen (secondary N) is 2. The first-order valence-corrected chi connectivity index (χ1v) is 10.2. The summed E-state index contributed by atoms with van der Waals surface area (Å²) in [4.78, 5) is 6.67. The summed E-state index contributed by atoms with van der Waals surface area (Å²) in [5, 5.41) is 17.8. The zero-order valence-electron chi connectivity index (χ0n) is 16.6. The van der Waals surface area contributed by atoms with Gasteiger partial charge in [0.25, 0.3) is 0 Å². The first-order valence-electron chi connectivity index (χ1n) is 10.2. The summed E-state index contributed by atoms with van der Waals surface area (Å²) >= 11 is 0. The summed E-state index contributed by atoms with van der Waals surface area (Å²) < 4.78 is 11.4. The van der Waals surface area contributed by atoms with E-state index in [9.17, 15) is 5.11 Å². The molecule has 0 aromatic heterocycles. The van der Waals surface area contributed by atoms with Crippen molar-refractivity contribution in [3.8, 4) is 0 Å². The Morgan fingerprint density at radius 1 is 1.30 bits per heavy atom. The molecule has 2 aliphatic heterocycles. The molecule has 1 spiro atoms. The molecule has 3 N–H and O–H groups in total. The lowest BCUT2D eigenvalue weighted by atomic mass is 9.46. The van der Waals surface area contributed by atoms with E-state index in [0.717, 1.165) is 45.3 Å². The molecule has 7 nitrogen and oxygen atoms in total. The third-order valence-electron chi connectivity index (χ3n) is 6.86. The zero-order chi connectivity index (χ0) is 18.2. The van der Waals surface area contributed by atoms with Crippen molar-refractivity contribution in [1.29, 1.82) is 0 Å². The Kier molecular flexibility index (Phi) is 6.93. The highest BCUT2D eigenvalue weighted by Gasteiger charge is 2.66. The SMILES string of the molecule is CN=C(NCC(C)(O)CN1CCOCC1)NC1C2CCOC2C12CCC2.I. The molecule has 4 fully saturated rings. The van der Waals surface area contributed by atoms with Crippen LogP contribution in [0.2, 0.25) is 0 Å². The minimum atomic E-state index is -0.804. The van der Waals surface area contributed by atoms with Gasteiger partial charge in [0.2, 0.25) is 0 Å². The van der Waals surface area contributed by atoms with Gasteiger partial charge in [0, 0.05) is 57.2 Å². The smallest absolute Gasteiger partial charge is 0.191 e. The standard InChI is InChI=1S/C19H34N4O3.HI/c1-18(24,13-23-7-10-25-11-8-23)12-21-17(20-2)22-15-14-4-9-26-16(14)19(15)5-3-6-19;/h14-16,24H,3-13H2,1-2H3,(H2,20,21,22);1H. The first kappa shape index (κ1) is 21.5. The van der Waals surface area contributed by atoms with E-state index in [-0.39, 0.29) is 24.0 Å². The highest BCUT2D eigenvalue weighted by Crippen LogP contribution is 2.62. The first-order chi connectivity index (χ1) is 12.5. The van der Waals surface area contributed by atoms with E-state index in [1.807, 2.05) is 6.92 Å². The molecule has 27 heavy (non-hydrogen) atoms. The fourth-order valence-corrected chi connectivity index (χ4v) is 5.37. The number of aliphatic imine (C=N–C) groups is 1. The third-order valence-corrected chi connectivity index (χ3v) is 6.86. The zero-order valence-corrected chi connectivity index (χ0v) is 18.9. The normalized spacial score (nSPS) is 34.6. The Balaban J connectivity index is 0.00000210. The molecule has 0 bridgehead atoms. The predicted octanol–water partition coefficient (Wildman–Crippen LogP) is 0.810. The van der Waals surface area contributed by atoms with Gasteiger partial charge in [-0.25, -0.2) is 0 Å². The molecule has 156 valence electrons. The van der Waals surface area contributed by atoms with Crippen molar-refractivity contribution in [1.82, 2.24) is 15.5 Å². The van der Waals surface area contributed by atoms with Crippen molar-refractivity contribution in [2.24, 2.45) is 16.3 Å². The van der Waals surface area contributed by atoms with Gasteiger partial charge >= 0.3 is 0 Å². The second kappa shape index (κ2) is 8.69. The minimum absolute atomic E-state index is 0. The minimum Gasteiger partial charge on any atom is -0.387 e. The Labute approximate surface area is 179 Å². The third kappa shape index (κ3) is 4.24. The summed E-state index contributed by atoms with van der Waals surface area (Å²) in [6.45, 7) is 7.19. The Morgan fingerprint density at radius 2 is 2.04 bits per heavy atom. The van der Waals surface area contributed by atoms with Gasteiger partial charge in [0.05, 0.1) is 24.9 Å². The molecule has 4 aliphatic rings. The van der Waals surface area contributed by atoms with E-state index < -0.39 is 5.60 Å². The molecule has 0 radical (unpaired) electrons. The number of aliphatic hydroxyl groups is 1. The van der Waals surface area contributed by atoms with Crippen LogP contribution >= 0.6 is 24.0 Å². The summed E-state index contributed by atoms with van der Waals surface area (Å²) in [6, 6.07) is 0.458. The van der Waals surface area contributed by atoms with Gasteiger partial charge in [0.1, 0.15) is 0 Å². The number of morpholine rings is 1. The number of ether oxygens (including phenoxy) is 2. The topological polar surface area (TPSA) is 78.4 Å². The number of hydrogen-bond acceptors (Lipinski definition) is 5. The lowest BCUT2D eigenvalue weighted by Crippen LogP contribution is -2.72. The van der Waals surface area contributed by atoms with Crippen LogP contribution < -0.4 is 10.6 Å². The summed E-state index contributed by atoms with van der Waals surface area (Å²) in [5.74, 6) is 1.41. The van der Waals surface area contributed by atoms with Crippen LogP contribution in [0.3, 0.4) is 0 Å². The number of rotatable bonds is 5. The predicted molar refractivity (Wildman–Crippen MR) is 116 cm³/mol. The quantitative estimate of drug-likeness (QED) is 0.299. The number of fused-ring (bicyclic) bond motifs is 2. The van der Waals surface area contributed by atoms with Crippen molar-refractivity contribution >= 4 is 29.9 Å². The number of β-amino-alcohol motifs (C(OH)–C–C–N with tert-alkyl or cyclic N) is 1. The molecule has 0 aromatic rings. The van der Waals surface area contributed by atoms with Gasteiger partial charge in [-0.2, -0.15) is 0 Å². The maximum atomic E-state index is 10.8. The van der Waals surface area contributed by atoms with E-state index in [1.165, 1.54) is 19.3 Å². The van der Waals surface area contributed by atoms with Crippen LogP contribution in [-0.2, 0) is 9.47 Å². The Bertz CT molecular complexity index is 535. The number of nitrogens with zero attached hydrogens (tertiary/aromatic N) is 2. The Hall–Kier alpha value is -0.160. The average molecular weight is 494 g/mol. The van der Waals surface area contributed by atoms with Crippen molar-refractivity contribution < 1.29 is 14.6 Å². The lowest BCUT2D eigenvalue weighted by Gasteiger charge is -2.63. The van der Waals surface area contributed by atoms with E-state index >= 15 is 0 Å². The van der Waals surface area contributed by atoms with Crippen molar-refractivity contribution in [3.05, 3.63) is 0 Å². The molecule has 4 atom stereocenters. The molecule has 4 unspecified atom stereocenters. The highest BCUT2D eigenvalue weighted by atomic mass is 127. The van der Waals surface area contributed by atoms with E-state index in [2.05, 4.69) is 20.5 Å². The van der Waals surface area contributed by atoms with Crippen LogP contribution in [0.15, 0.2) is 4.99 Å². The number of halogens is 1. The maximum Gasteiger partial charge on any atom is 0.191 e. The molecular weight excluding hydrogens is 459 g/mol. The van der Waals surface area contributed by atoms with Crippen LogP contribution in [0.1, 0.15) is 32.6 Å². The van der Waals surface area contributed by atoms with Crippen LogP contribution in [0, 0.1) is 11.3 Å². The molecule has 2 aliphatic carbocycles. The fourth-order valence-electron chi connectivity index (χ4n) is 5.37. The second-order valence-electron chi connectivity index (χ2n) is 8.76. The maximum absolute atomic E-state index is 10.8. The molecular formula is C19H35IN4O3. The summed E-state index contributed by atoms with van der Waals surface area (Å²) in [7, 11) is 1.81. The number of hydrogen-bond donors (Lipinski definition) is 3. The molecule has 0 aromatic carbocycles. The van der Waals surface area contributed by atoms with Gasteiger partial charge in [-0.1, -0.05) is 6.42 Å². The van der Waals surface area contributed by atoms with Crippen LogP contribution in [-0.4, -0.2) is 86.8 Å². The number of guanidine groups is 1. The molecule has 0 amide bonds. The Morgan fingerprint density at radius 3 is 2.67 bits per heavy atom. The van der Waals surface area contributed by atoms with Gasteiger partial charge in [-0.15, -0.1) is 24.0 Å². The molecule has 2 saturated heterocycles. The lowest BCUT2D eigenvalue weighted by molar-refractivity contribution is -0.171. The highest BCUT2D eigenvalue weighted by molar-refractivity contribution is 14.0. The van der Waals surface area contributed by atoms with Gasteiger partial charge in [0.15, 0.2) is 5.96 Å². The monoisotopic (exact) mass is 494 g/mol. The summed E-state index contributed by atoms with van der Waals surface area (Å²) in [6.07, 6.45) is 5.44. The van der Waals surface area contributed by atoms with Crippen LogP contribution in [0.5, 0.6) is 0 Å². The molecule has 8 heteroatoms. The van der Waals surface area contributed by atoms with Crippen LogP contribution in [0.4, 0.5) is 0 Å². The molecule has 2 heterocycles. The second-order valence-corrected chi connectivity index (χ2v) is 8.76. The molecule has 2 saturated carbocycles. The van der Waals surface area contributed by atoms with E-state index in [0.29, 0.717) is 36.6 Å². The van der Waals surface area contributed by atoms with Gasteiger partial charge in [-0.05, 0) is 26.2 Å². The van der Waals surface area contributed by atoms with E-state index in [1.54, 1.807) is 7.05 Å². The van der Waals surface area contributed by atoms with Crippen molar-refractivity contribution in [3.63, 3.8) is 0 Å². The van der Waals surface area contributed by atoms with Gasteiger partial charge < -0.3 is 25.2 Å². The average Bonchev–Trinajstić information content (AvgIpc) is 2.99. The molecule has 4 rings (SSSR count). The van der Waals surface area contributed by atoms with Gasteiger partial charge in [-0.3, -0.25) is 9.89 Å². The van der Waals surface area contributed by atoms with Crippen molar-refractivity contribution in [2.45, 2.75) is 50.4 Å². The van der Waals surface area contributed by atoms with Crippen molar-refractivity contribution in [2.75, 3.05) is 53.0 Å². The van der Waals surface area contributed by atoms with E-state index in [4.69, 9.17) is 9.47 Å². The largest absolute Gasteiger partial charge is 0.387 e.